The fraction of sp³-hybridized carbons (Fsp3) is 0.133. The van der Waals surface area contributed by atoms with Crippen LogP contribution in [0.1, 0.15) is 10.4 Å². The van der Waals surface area contributed by atoms with E-state index in [1.807, 2.05) is 4.72 Å². The molecular formula is C15H11F5N2O3S. The number of halogens is 5. The van der Waals surface area contributed by atoms with Crippen LogP contribution in [0.4, 0.5) is 27.6 Å². The number of benzene rings is 2. The lowest BCUT2D eigenvalue weighted by Gasteiger charge is -2.10. The molecule has 5 nitrogen and oxygen atoms in total. The molecule has 140 valence electrons. The number of carbonyl (C=O) groups is 1. The van der Waals surface area contributed by atoms with E-state index in [1.165, 1.54) is 0 Å². The highest BCUT2D eigenvalue weighted by Gasteiger charge is 2.28. The number of nitrogens with one attached hydrogen (secondary N) is 2. The molecule has 0 saturated heterocycles. The lowest BCUT2D eigenvalue weighted by molar-refractivity contribution is -0.123. The SMILES string of the molecule is O=C(NCC(F)(F)F)c1ccc(S(=O)(=O)Nc2ccc(F)cc2F)cc1. The molecule has 0 spiro atoms. The van der Waals surface area contributed by atoms with Gasteiger partial charge < -0.3 is 5.32 Å². The van der Waals surface area contributed by atoms with Gasteiger partial charge in [-0.1, -0.05) is 0 Å². The van der Waals surface area contributed by atoms with E-state index in [-0.39, 0.29) is 10.5 Å². The molecule has 1 amide bonds. The highest BCUT2D eigenvalue weighted by Crippen LogP contribution is 2.20. The van der Waals surface area contributed by atoms with Gasteiger partial charge in [0.05, 0.1) is 10.6 Å². The first-order chi connectivity index (χ1) is 12.0. The predicted molar refractivity (Wildman–Crippen MR) is 82.0 cm³/mol. The van der Waals surface area contributed by atoms with Gasteiger partial charge in [0.1, 0.15) is 18.2 Å². The number of carbonyl (C=O) groups excluding carboxylic acids is 1. The average Bonchev–Trinajstić information content (AvgIpc) is 2.54. The number of hydrogen-bond acceptors (Lipinski definition) is 3. The van der Waals surface area contributed by atoms with E-state index in [0.29, 0.717) is 6.07 Å². The lowest BCUT2D eigenvalue weighted by Crippen LogP contribution is -2.33. The van der Waals surface area contributed by atoms with Gasteiger partial charge in [-0.3, -0.25) is 9.52 Å². The van der Waals surface area contributed by atoms with Gasteiger partial charge in [0, 0.05) is 11.6 Å². The van der Waals surface area contributed by atoms with Crippen molar-refractivity contribution in [2.45, 2.75) is 11.1 Å². The van der Waals surface area contributed by atoms with Crippen LogP contribution in [0.15, 0.2) is 47.4 Å². The molecule has 0 saturated carbocycles. The number of hydrogen-bond donors (Lipinski definition) is 2. The molecule has 11 heteroatoms. The fourth-order valence-electron chi connectivity index (χ4n) is 1.84. The average molecular weight is 394 g/mol. The van der Waals surface area contributed by atoms with Crippen molar-refractivity contribution in [3.8, 4) is 0 Å². The zero-order valence-corrected chi connectivity index (χ0v) is 13.6. The van der Waals surface area contributed by atoms with Gasteiger partial charge in [0.2, 0.25) is 0 Å². The minimum atomic E-state index is -4.58. The quantitative estimate of drug-likeness (QED) is 0.766. The molecule has 2 aromatic rings. The normalized spacial score (nSPS) is 11.9. The topological polar surface area (TPSA) is 75.3 Å². The van der Waals surface area contributed by atoms with Crippen LogP contribution in [-0.4, -0.2) is 27.0 Å². The Morgan fingerprint density at radius 1 is 1.00 bits per heavy atom. The van der Waals surface area contributed by atoms with Crippen molar-refractivity contribution in [1.82, 2.24) is 5.32 Å². The Morgan fingerprint density at radius 2 is 1.62 bits per heavy atom. The summed E-state index contributed by atoms with van der Waals surface area (Å²) < 4.78 is 88.8. The van der Waals surface area contributed by atoms with E-state index in [1.54, 1.807) is 5.32 Å². The summed E-state index contributed by atoms with van der Waals surface area (Å²) in [6.07, 6.45) is -4.58. The standard InChI is InChI=1S/C15H11F5N2O3S/c16-10-3-6-13(12(17)7-10)22-26(24,25)11-4-1-9(2-5-11)14(23)21-8-15(18,19)20/h1-7,22H,8H2,(H,21,23). The lowest BCUT2D eigenvalue weighted by atomic mass is 10.2. The van der Waals surface area contributed by atoms with Gasteiger partial charge in [-0.05, 0) is 36.4 Å². The molecule has 2 aromatic carbocycles. The maximum Gasteiger partial charge on any atom is 0.405 e. The van der Waals surface area contributed by atoms with Crippen LogP contribution in [0.2, 0.25) is 0 Å². The van der Waals surface area contributed by atoms with Crippen molar-refractivity contribution >= 4 is 21.6 Å². The largest absolute Gasteiger partial charge is 0.405 e. The van der Waals surface area contributed by atoms with Crippen LogP contribution in [0, 0.1) is 11.6 Å². The van der Waals surface area contributed by atoms with E-state index in [4.69, 9.17) is 0 Å². The highest BCUT2D eigenvalue weighted by molar-refractivity contribution is 7.92. The summed E-state index contributed by atoms with van der Waals surface area (Å²) in [5.74, 6) is -3.06. The van der Waals surface area contributed by atoms with Crippen LogP contribution in [0.25, 0.3) is 0 Å². The Morgan fingerprint density at radius 3 is 2.15 bits per heavy atom. The van der Waals surface area contributed by atoms with E-state index >= 15 is 0 Å². The maximum atomic E-state index is 13.5. The zero-order chi connectivity index (χ0) is 19.5. The van der Waals surface area contributed by atoms with Crippen LogP contribution in [0.3, 0.4) is 0 Å². The Balaban J connectivity index is 2.14. The molecule has 0 bridgehead atoms. The molecule has 26 heavy (non-hydrogen) atoms. The first kappa shape index (κ1) is 19.6. The first-order valence-electron chi connectivity index (χ1n) is 6.91. The van der Waals surface area contributed by atoms with Crippen molar-refractivity contribution in [2.75, 3.05) is 11.3 Å². The fourth-order valence-corrected chi connectivity index (χ4v) is 2.91. The number of alkyl halides is 3. The molecule has 0 heterocycles. The van der Waals surface area contributed by atoms with Crippen LogP contribution >= 0.6 is 0 Å². The molecule has 0 radical (unpaired) electrons. The highest BCUT2D eigenvalue weighted by atomic mass is 32.2. The van der Waals surface area contributed by atoms with Gasteiger partial charge in [0.15, 0.2) is 0 Å². The van der Waals surface area contributed by atoms with E-state index in [2.05, 4.69) is 0 Å². The van der Waals surface area contributed by atoms with Gasteiger partial charge in [-0.15, -0.1) is 0 Å². The van der Waals surface area contributed by atoms with Crippen LogP contribution in [-0.2, 0) is 10.0 Å². The van der Waals surface area contributed by atoms with Gasteiger partial charge in [-0.25, -0.2) is 17.2 Å². The number of amides is 1. The molecule has 2 rings (SSSR count). The number of rotatable bonds is 5. The summed E-state index contributed by atoms with van der Waals surface area (Å²) >= 11 is 0. The molecule has 0 atom stereocenters. The van der Waals surface area contributed by atoms with E-state index < -0.39 is 46.0 Å². The molecule has 0 unspecified atom stereocenters. The number of sulfonamides is 1. The zero-order valence-electron chi connectivity index (χ0n) is 12.8. The van der Waals surface area contributed by atoms with Crippen molar-refractivity contribution in [2.24, 2.45) is 0 Å². The van der Waals surface area contributed by atoms with E-state index in [0.717, 1.165) is 36.4 Å². The summed E-state index contributed by atoms with van der Waals surface area (Å²) in [4.78, 5) is 11.2. The Labute approximate surface area is 144 Å². The molecule has 2 N–H and O–H groups in total. The summed E-state index contributed by atoms with van der Waals surface area (Å²) in [7, 11) is -4.25. The second-order valence-corrected chi connectivity index (χ2v) is 6.73. The van der Waals surface area contributed by atoms with Crippen molar-refractivity contribution in [1.29, 1.82) is 0 Å². The summed E-state index contributed by atoms with van der Waals surface area (Å²) in [5.41, 5.74) is -0.681. The smallest absolute Gasteiger partial charge is 0.343 e. The Bertz CT molecular complexity index is 912. The summed E-state index contributed by atoms with van der Waals surface area (Å²) in [6, 6.07) is 6.17. The Hall–Kier alpha value is -2.69. The van der Waals surface area contributed by atoms with Crippen LogP contribution in [0.5, 0.6) is 0 Å². The molecule has 0 aliphatic carbocycles. The third kappa shape index (κ3) is 5.15. The second kappa shape index (κ2) is 7.28. The van der Waals surface area contributed by atoms with Crippen molar-refractivity contribution in [3.05, 3.63) is 59.7 Å². The van der Waals surface area contributed by atoms with Gasteiger partial charge in [0.25, 0.3) is 15.9 Å². The van der Waals surface area contributed by atoms with Gasteiger partial charge >= 0.3 is 6.18 Å². The molecule has 0 aromatic heterocycles. The third-order valence-corrected chi connectivity index (χ3v) is 4.43. The van der Waals surface area contributed by atoms with E-state index in [9.17, 15) is 35.2 Å². The molecule has 0 fully saturated rings. The van der Waals surface area contributed by atoms with Crippen molar-refractivity contribution < 1.29 is 35.2 Å². The van der Waals surface area contributed by atoms with Crippen molar-refractivity contribution in [3.63, 3.8) is 0 Å². The molecule has 0 aliphatic rings. The monoisotopic (exact) mass is 394 g/mol. The summed E-state index contributed by atoms with van der Waals surface area (Å²) in [5, 5.41) is 1.64. The molecule has 0 aliphatic heterocycles. The first-order valence-corrected chi connectivity index (χ1v) is 8.39. The number of anilines is 1. The minimum Gasteiger partial charge on any atom is -0.343 e. The summed E-state index contributed by atoms with van der Waals surface area (Å²) in [6.45, 7) is -1.53. The third-order valence-electron chi connectivity index (χ3n) is 3.05. The maximum absolute atomic E-state index is 13.5. The second-order valence-electron chi connectivity index (χ2n) is 5.05. The predicted octanol–water partition coefficient (Wildman–Crippen LogP) is 3.06. The van der Waals surface area contributed by atoms with Crippen LogP contribution < -0.4 is 10.0 Å². The Kier molecular flexibility index (Phi) is 5.50. The molecular weight excluding hydrogens is 383 g/mol. The minimum absolute atomic E-state index is 0.193. The van der Waals surface area contributed by atoms with Gasteiger partial charge in [-0.2, -0.15) is 13.2 Å².